The molecule has 1 heterocycles. The van der Waals surface area contributed by atoms with E-state index in [2.05, 4.69) is 0 Å². The van der Waals surface area contributed by atoms with Crippen molar-refractivity contribution >= 4 is 15.9 Å². The van der Waals surface area contributed by atoms with Crippen molar-refractivity contribution in [2.24, 2.45) is 5.73 Å². The van der Waals surface area contributed by atoms with Crippen LogP contribution < -0.4 is 10.0 Å². The van der Waals surface area contributed by atoms with Crippen LogP contribution in [0.5, 0.6) is 0 Å². The molecule has 118 valence electrons. The summed E-state index contributed by atoms with van der Waals surface area (Å²) in [6.07, 6.45) is 1.73. The van der Waals surface area contributed by atoms with E-state index in [0.717, 1.165) is 29.7 Å². The van der Waals surface area contributed by atoms with Crippen molar-refractivity contribution in [3.05, 3.63) is 29.3 Å². The predicted molar refractivity (Wildman–Crippen MR) is 86.5 cm³/mol. The highest BCUT2D eigenvalue weighted by Crippen LogP contribution is 2.32. The first-order valence-corrected chi connectivity index (χ1v) is 8.79. The van der Waals surface area contributed by atoms with E-state index in [4.69, 9.17) is 5.73 Å². The van der Waals surface area contributed by atoms with Gasteiger partial charge in [-0.2, -0.15) is 12.7 Å². The summed E-state index contributed by atoms with van der Waals surface area (Å²) in [5.41, 5.74) is 8.82. The van der Waals surface area contributed by atoms with Gasteiger partial charge in [0.15, 0.2) is 0 Å². The van der Waals surface area contributed by atoms with E-state index in [1.165, 1.54) is 8.61 Å². The standard InChI is InChI=1S/C15H25N3O2S/c1-11(2)17(4)21(19,20)18-9-5-6-14-10-13(12(3)16)7-8-15(14)18/h7-8,10-12H,5-6,9,16H2,1-4H3. The Balaban J connectivity index is 2.43. The van der Waals surface area contributed by atoms with Crippen LogP contribution in [0.4, 0.5) is 5.69 Å². The van der Waals surface area contributed by atoms with Crippen molar-refractivity contribution in [2.45, 2.75) is 45.7 Å². The van der Waals surface area contributed by atoms with Crippen LogP contribution in [0.3, 0.4) is 0 Å². The minimum absolute atomic E-state index is 0.0411. The van der Waals surface area contributed by atoms with Gasteiger partial charge < -0.3 is 5.73 Å². The molecule has 6 heteroatoms. The fraction of sp³-hybridized carbons (Fsp3) is 0.600. The molecule has 0 spiro atoms. The molecule has 0 aliphatic carbocycles. The number of rotatable bonds is 4. The first kappa shape index (κ1) is 16.3. The summed E-state index contributed by atoms with van der Waals surface area (Å²) < 4.78 is 28.4. The Kier molecular flexibility index (Phi) is 4.60. The Bertz CT molecular complexity index is 611. The van der Waals surface area contributed by atoms with E-state index in [1.54, 1.807) is 7.05 Å². The molecule has 2 N–H and O–H groups in total. The number of nitrogens with zero attached hydrogens (tertiary/aromatic N) is 2. The molecule has 1 aromatic carbocycles. The zero-order valence-corrected chi connectivity index (χ0v) is 14.0. The highest BCUT2D eigenvalue weighted by atomic mass is 32.2. The lowest BCUT2D eigenvalue weighted by molar-refractivity contribution is 0.407. The van der Waals surface area contributed by atoms with Crippen molar-refractivity contribution in [2.75, 3.05) is 17.9 Å². The van der Waals surface area contributed by atoms with Gasteiger partial charge in [-0.15, -0.1) is 0 Å². The summed E-state index contributed by atoms with van der Waals surface area (Å²) >= 11 is 0. The normalized spacial score (nSPS) is 17.2. The molecule has 1 aliphatic heterocycles. The zero-order valence-electron chi connectivity index (χ0n) is 13.2. The molecular formula is C15H25N3O2S. The van der Waals surface area contributed by atoms with E-state index in [9.17, 15) is 8.42 Å². The molecule has 0 amide bonds. The number of fused-ring (bicyclic) bond motifs is 1. The Hall–Kier alpha value is -1.11. The van der Waals surface area contributed by atoms with Crippen molar-refractivity contribution in [3.8, 4) is 0 Å². The zero-order chi connectivity index (χ0) is 15.8. The van der Waals surface area contributed by atoms with Crippen LogP contribution in [0, 0.1) is 0 Å². The first-order valence-electron chi connectivity index (χ1n) is 7.39. The molecule has 0 saturated carbocycles. The second-order valence-corrected chi connectivity index (χ2v) is 7.88. The minimum atomic E-state index is -3.47. The van der Waals surface area contributed by atoms with Gasteiger partial charge in [-0.3, -0.25) is 4.31 Å². The van der Waals surface area contributed by atoms with E-state index in [-0.39, 0.29) is 12.1 Å². The third kappa shape index (κ3) is 3.07. The molecule has 21 heavy (non-hydrogen) atoms. The number of hydrogen-bond acceptors (Lipinski definition) is 3. The quantitative estimate of drug-likeness (QED) is 0.925. The Morgan fingerprint density at radius 1 is 1.29 bits per heavy atom. The summed E-state index contributed by atoms with van der Waals surface area (Å²) in [5.74, 6) is 0. The summed E-state index contributed by atoms with van der Waals surface area (Å²) in [6.45, 7) is 6.22. The predicted octanol–water partition coefficient (Wildman–Crippen LogP) is 2.04. The highest BCUT2D eigenvalue weighted by Gasteiger charge is 2.32. The molecule has 5 nitrogen and oxygen atoms in total. The van der Waals surface area contributed by atoms with E-state index in [1.807, 2.05) is 39.0 Å². The summed E-state index contributed by atoms with van der Waals surface area (Å²) in [7, 11) is -1.84. The molecule has 1 aromatic rings. The third-order valence-corrected chi connectivity index (χ3v) is 6.16. The average molecular weight is 311 g/mol. The monoisotopic (exact) mass is 311 g/mol. The summed E-state index contributed by atoms with van der Waals surface area (Å²) in [6, 6.07) is 5.74. The molecule has 1 aliphatic rings. The van der Waals surface area contributed by atoms with Crippen LogP contribution in [0.2, 0.25) is 0 Å². The van der Waals surface area contributed by atoms with Gasteiger partial charge in [-0.1, -0.05) is 12.1 Å². The molecule has 0 fully saturated rings. The fourth-order valence-electron chi connectivity index (χ4n) is 2.53. The average Bonchev–Trinajstić information content (AvgIpc) is 2.44. The van der Waals surface area contributed by atoms with Crippen LogP contribution in [0.25, 0.3) is 0 Å². The Morgan fingerprint density at radius 2 is 1.95 bits per heavy atom. The molecular weight excluding hydrogens is 286 g/mol. The highest BCUT2D eigenvalue weighted by molar-refractivity contribution is 7.90. The second kappa shape index (κ2) is 5.94. The summed E-state index contributed by atoms with van der Waals surface area (Å²) in [5, 5.41) is 0. The van der Waals surface area contributed by atoms with Crippen LogP contribution >= 0.6 is 0 Å². The first-order chi connectivity index (χ1) is 9.75. The van der Waals surface area contributed by atoms with Gasteiger partial charge in [0, 0.05) is 25.7 Å². The van der Waals surface area contributed by atoms with Gasteiger partial charge in [-0.05, 0) is 50.8 Å². The van der Waals surface area contributed by atoms with Gasteiger partial charge in [0.05, 0.1) is 5.69 Å². The molecule has 0 bridgehead atoms. The van der Waals surface area contributed by atoms with Crippen LogP contribution in [0.1, 0.15) is 44.4 Å². The van der Waals surface area contributed by atoms with Crippen molar-refractivity contribution in [3.63, 3.8) is 0 Å². The van der Waals surface area contributed by atoms with Gasteiger partial charge in [0.2, 0.25) is 0 Å². The second-order valence-electron chi connectivity index (χ2n) is 5.97. The molecule has 1 atom stereocenters. The van der Waals surface area contributed by atoms with Crippen LogP contribution in [-0.4, -0.2) is 32.4 Å². The number of aryl methyl sites for hydroxylation is 1. The number of benzene rings is 1. The molecule has 0 saturated heterocycles. The lowest BCUT2D eigenvalue weighted by Crippen LogP contribution is -2.46. The van der Waals surface area contributed by atoms with Crippen LogP contribution in [-0.2, 0) is 16.6 Å². The lowest BCUT2D eigenvalue weighted by atomic mass is 9.98. The number of anilines is 1. The van der Waals surface area contributed by atoms with E-state index in [0.29, 0.717) is 6.54 Å². The van der Waals surface area contributed by atoms with Crippen molar-refractivity contribution in [1.29, 1.82) is 0 Å². The molecule has 2 rings (SSSR count). The number of nitrogens with two attached hydrogens (primary N) is 1. The minimum Gasteiger partial charge on any atom is -0.324 e. The maximum atomic E-state index is 12.7. The topological polar surface area (TPSA) is 66.6 Å². The van der Waals surface area contributed by atoms with Gasteiger partial charge >= 0.3 is 10.2 Å². The summed E-state index contributed by atoms with van der Waals surface area (Å²) in [4.78, 5) is 0. The number of hydrogen-bond donors (Lipinski definition) is 1. The fourth-order valence-corrected chi connectivity index (χ4v) is 4.16. The molecule has 0 radical (unpaired) electrons. The van der Waals surface area contributed by atoms with Crippen molar-refractivity contribution in [1.82, 2.24) is 4.31 Å². The third-order valence-electron chi connectivity index (χ3n) is 4.07. The Morgan fingerprint density at radius 3 is 2.52 bits per heavy atom. The van der Waals surface area contributed by atoms with Gasteiger partial charge in [0.25, 0.3) is 0 Å². The van der Waals surface area contributed by atoms with E-state index >= 15 is 0 Å². The maximum Gasteiger partial charge on any atom is 0.304 e. The smallest absolute Gasteiger partial charge is 0.304 e. The largest absolute Gasteiger partial charge is 0.324 e. The SMILES string of the molecule is CC(N)c1ccc2c(c1)CCCN2S(=O)(=O)N(C)C(C)C. The van der Waals surface area contributed by atoms with Gasteiger partial charge in [0.1, 0.15) is 0 Å². The van der Waals surface area contributed by atoms with Crippen molar-refractivity contribution < 1.29 is 8.42 Å². The van der Waals surface area contributed by atoms with Gasteiger partial charge in [-0.25, -0.2) is 0 Å². The van der Waals surface area contributed by atoms with Crippen LogP contribution in [0.15, 0.2) is 18.2 Å². The Labute approximate surface area is 127 Å². The van der Waals surface area contributed by atoms with E-state index < -0.39 is 10.2 Å². The maximum absolute atomic E-state index is 12.7. The molecule has 1 unspecified atom stereocenters. The molecule has 0 aromatic heterocycles. The lowest BCUT2D eigenvalue weighted by Gasteiger charge is -2.35.